The number of ether oxygens (including phenoxy) is 1. The van der Waals surface area contributed by atoms with Gasteiger partial charge in [0.05, 0.1) is 7.11 Å². The first-order valence-electron chi connectivity index (χ1n) is 7.04. The molecular weight excluding hydrogens is 469 g/mol. The number of methoxy groups -OCH3 is 1. The Hall–Kier alpha value is -1.28. The number of nitrogens with one attached hydrogen (secondary N) is 2. The van der Waals surface area contributed by atoms with Gasteiger partial charge in [-0.05, 0) is 23.8 Å². The molecule has 0 atom stereocenters. The Kier molecular flexibility index (Phi) is 9.01. The highest BCUT2D eigenvalue weighted by molar-refractivity contribution is 14.0. The van der Waals surface area contributed by atoms with Crippen LogP contribution in [0.5, 0.6) is 5.75 Å². The number of hydrogen-bond donors (Lipinski definition) is 2. The van der Waals surface area contributed by atoms with Crippen LogP contribution in [0.3, 0.4) is 0 Å². The lowest BCUT2D eigenvalue weighted by Crippen LogP contribution is -2.36. The normalized spacial score (nSPS) is 10.7. The van der Waals surface area contributed by atoms with E-state index in [9.17, 15) is 0 Å². The summed E-state index contributed by atoms with van der Waals surface area (Å²) in [6, 6.07) is 16.2. The zero-order valence-corrected chi connectivity index (χ0v) is 17.1. The van der Waals surface area contributed by atoms with Gasteiger partial charge in [-0.3, -0.25) is 4.99 Å². The van der Waals surface area contributed by atoms with Gasteiger partial charge in [-0.1, -0.05) is 46.3 Å². The molecule has 0 radical (unpaired) electrons. The summed E-state index contributed by atoms with van der Waals surface area (Å²) in [5.74, 6) is 1.63. The molecule has 6 heteroatoms. The third kappa shape index (κ3) is 6.39. The summed E-state index contributed by atoms with van der Waals surface area (Å²) in [6.45, 7) is 1.38. The van der Waals surface area contributed by atoms with Gasteiger partial charge < -0.3 is 15.4 Å². The number of aliphatic imine (C=N–C) groups is 1. The van der Waals surface area contributed by atoms with Crippen molar-refractivity contribution in [2.24, 2.45) is 4.99 Å². The van der Waals surface area contributed by atoms with Crippen molar-refractivity contribution in [2.45, 2.75) is 13.1 Å². The van der Waals surface area contributed by atoms with Gasteiger partial charge in [0, 0.05) is 30.2 Å². The third-order valence-corrected chi connectivity index (χ3v) is 3.76. The van der Waals surface area contributed by atoms with Gasteiger partial charge in [-0.15, -0.1) is 24.0 Å². The lowest BCUT2D eigenvalue weighted by molar-refractivity contribution is 0.409. The van der Waals surface area contributed by atoms with E-state index in [-0.39, 0.29) is 24.0 Å². The van der Waals surface area contributed by atoms with E-state index in [0.717, 1.165) is 28.3 Å². The Morgan fingerprint density at radius 3 is 2.35 bits per heavy atom. The number of rotatable bonds is 5. The minimum Gasteiger partial charge on any atom is -0.496 e. The van der Waals surface area contributed by atoms with Crippen LogP contribution in [0.15, 0.2) is 58.0 Å². The first-order chi connectivity index (χ1) is 10.7. The SMILES string of the molecule is CN=C(NCc1ccc(Br)cc1)NCc1ccccc1OC.I. The highest BCUT2D eigenvalue weighted by Crippen LogP contribution is 2.16. The molecule has 0 aliphatic heterocycles. The molecule has 0 aliphatic rings. The van der Waals surface area contributed by atoms with Crippen molar-refractivity contribution in [1.82, 2.24) is 10.6 Å². The van der Waals surface area contributed by atoms with E-state index in [0.29, 0.717) is 6.54 Å². The highest BCUT2D eigenvalue weighted by Gasteiger charge is 2.03. The molecule has 0 bridgehead atoms. The van der Waals surface area contributed by atoms with E-state index < -0.39 is 0 Å². The maximum absolute atomic E-state index is 5.35. The van der Waals surface area contributed by atoms with Crippen LogP contribution in [0, 0.1) is 0 Å². The summed E-state index contributed by atoms with van der Waals surface area (Å²) in [7, 11) is 3.44. The largest absolute Gasteiger partial charge is 0.496 e. The van der Waals surface area contributed by atoms with Crippen LogP contribution >= 0.6 is 39.9 Å². The van der Waals surface area contributed by atoms with Gasteiger partial charge in [-0.2, -0.15) is 0 Å². The molecule has 2 N–H and O–H groups in total. The molecule has 0 aliphatic carbocycles. The van der Waals surface area contributed by atoms with Crippen molar-refractivity contribution in [3.05, 3.63) is 64.1 Å². The fourth-order valence-corrected chi connectivity index (χ4v) is 2.30. The average molecular weight is 490 g/mol. The summed E-state index contributed by atoms with van der Waals surface area (Å²) in [4.78, 5) is 4.24. The Morgan fingerprint density at radius 1 is 1.04 bits per heavy atom. The summed E-state index contributed by atoms with van der Waals surface area (Å²) < 4.78 is 6.43. The maximum Gasteiger partial charge on any atom is 0.191 e. The summed E-state index contributed by atoms with van der Waals surface area (Å²) in [5.41, 5.74) is 2.29. The monoisotopic (exact) mass is 489 g/mol. The van der Waals surface area contributed by atoms with E-state index in [1.165, 1.54) is 5.56 Å². The van der Waals surface area contributed by atoms with Crippen LogP contribution in [0.4, 0.5) is 0 Å². The topological polar surface area (TPSA) is 45.7 Å². The average Bonchev–Trinajstić information content (AvgIpc) is 2.57. The van der Waals surface area contributed by atoms with Crippen molar-refractivity contribution >= 4 is 45.9 Å². The minimum atomic E-state index is 0. The molecule has 0 saturated heterocycles. The zero-order chi connectivity index (χ0) is 15.8. The molecule has 2 aromatic carbocycles. The molecule has 2 aromatic rings. The van der Waals surface area contributed by atoms with E-state index in [1.807, 2.05) is 36.4 Å². The van der Waals surface area contributed by atoms with Crippen LogP contribution in [0.2, 0.25) is 0 Å². The van der Waals surface area contributed by atoms with Gasteiger partial charge in [-0.25, -0.2) is 0 Å². The summed E-state index contributed by atoms with van der Waals surface area (Å²) in [5, 5.41) is 6.59. The van der Waals surface area contributed by atoms with Crippen LogP contribution in [-0.2, 0) is 13.1 Å². The molecule has 0 unspecified atom stereocenters. The van der Waals surface area contributed by atoms with Crippen molar-refractivity contribution in [1.29, 1.82) is 0 Å². The fourth-order valence-electron chi connectivity index (χ4n) is 2.04. The first-order valence-corrected chi connectivity index (χ1v) is 7.83. The summed E-state index contributed by atoms with van der Waals surface area (Å²) >= 11 is 3.44. The van der Waals surface area contributed by atoms with Crippen LogP contribution in [0.25, 0.3) is 0 Å². The number of halogens is 2. The second-order valence-corrected chi connectivity index (χ2v) is 5.63. The van der Waals surface area contributed by atoms with Gasteiger partial charge in [0.15, 0.2) is 5.96 Å². The van der Waals surface area contributed by atoms with Crippen molar-refractivity contribution in [2.75, 3.05) is 14.2 Å². The van der Waals surface area contributed by atoms with Crippen molar-refractivity contribution in [3.8, 4) is 5.75 Å². The molecule has 0 heterocycles. The Balaban J connectivity index is 0.00000264. The van der Waals surface area contributed by atoms with E-state index in [2.05, 4.69) is 43.7 Å². The molecule has 23 heavy (non-hydrogen) atoms. The lowest BCUT2D eigenvalue weighted by Gasteiger charge is -2.13. The van der Waals surface area contributed by atoms with E-state index >= 15 is 0 Å². The Bertz CT molecular complexity index is 632. The smallest absolute Gasteiger partial charge is 0.191 e. The molecule has 124 valence electrons. The standard InChI is InChI=1S/C17H20BrN3O.HI/c1-19-17(20-11-13-7-9-15(18)10-8-13)21-12-14-5-3-4-6-16(14)22-2;/h3-10H,11-12H2,1-2H3,(H2,19,20,21);1H. The molecule has 0 aromatic heterocycles. The van der Waals surface area contributed by atoms with Gasteiger partial charge >= 0.3 is 0 Å². The lowest BCUT2D eigenvalue weighted by atomic mass is 10.2. The first kappa shape index (κ1) is 19.8. The number of nitrogens with zero attached hydrogens (tertiary/aromatic N) is 1. The molecular formula is C17H21BrIN3O. The van der Waals surface area contributed by atoms with Crippen LogP contribution < -0.4 is 15.4 Å². The predicted molar refractivity (Wildman–Crippen MR) is 110 cm³/mol. The quantitative estimate of drug-likeness (QED) is 0.380. The van der Waals surface area contributed by atoms with Gasteiger partial charge in [0.1, 0.15) is 5.75 Å². The van der Waals surface area contributed by atoms with Gasteiger partial charge in [0.2, 0.25) is 0 Å². The predicted octanol–water partition coefficient (Wildman–Crippen LogP) is 3.94. The van der Waals surface area contributed by atoms with E-state index in [4.69, 9.17) is 4.74 Å². The van der Waals surface area contributed by atoms with Crippen molar-refractivity contribution in [3.63, 3.8) is 0 Å². The van der Waals surface area contributed by atoms with Crippen LogP contribution in [-0.4, -0.2) is 20.1 Å². The fraction of sp³-hybridized carbons (Fsp3) is 0.235. The number of para-hydroxylation sites is 1. The molecule has 0 amide bonds. The number of hydrogen-bond acceptors (Lipinski definition) is 2. The Labute approximate surface area is 162 Å². The van der Waals surface area contributed by atoms with Crippen molar-refractivity contribution < 1.29 is 4.74 Å². The highest BCUT2D eigenvalue weighted by atomic mass is 127. The summed E-state index contributed by atoms with van der Waals surface area (Å²) in [6.07, 6.45) is 0. The third-order valence-electron chi connectivity index (χ3n) is 3.24. The van der Waals surface area contributed by atoms with Crippen LogP contribution in [0.1, 0.15) is 11.1 Å². The maximum atomic E-state index is 5.35. The second kappa shape index (κ2) is 10.5. The minimum absolute atomic E-state index is 0. The molecule has 0 saturated carbocycles. The molecule has 2 rings (SSSR count). The molecule has 0 fully saturated rings. The zero-order valence-electron chi connectivity index (χ0n) is 13.2. The van der Waals surface area contributed by atoms with Gasteiger partial charge in [0.25, 0.3) is 0 Å². The Morgan fingerprint density at radius 2 is 1.70 bits per heavy atom. The number of benzene rings is 2. The van der Waals surface area contributed by atoms with E-state index in [1.54, 1.807) is 14.2 Å². The number of guanidine groups is 1. The molecule has 0 spiro atoms. The second-order valence-electron chi connectivity index (χ2n) is 4.72. The molecule has 4 nitrogen and oxygen atoms in total.